The lowest BCUT2D eigenvalue weighted by atomic mass is 10.0. The van der Waals surface area contributed by atoms with Crippen LogP contribution in [0.1, 0.15) is 31.7 Å². The number of anilines is 1. The first kappa shape index (κ1) is 14.4. The summed E-state index contributed by atoms with van der Waals surface area (Å²) in [6.45, 7) is 5.04. The molecular formula is C16H25NO2. The lowest BCUT2D eigenvalue weighted by Gasteiger charge is -2.32. The molecule has 1 heterocycles. The molecule has 1 aliphatic heterocycles. The highest BCUT2D eigenvalue weighted by Gasteiger charge is 2.18. The molecule has 1 aromatic carbocycles. The van der Waals surface area contributed by atoms with Crippen LogP contribution < -0.4 is 4.90 Å². The fraction of sp³-hybridized carbons (Fsp3) is 0.625. The molecule has 1 N–H and O–H groups in total. The zero-order valence-electron chi connectivity index (χ0n) is 11.8. The SMILES string of the molecule is CCCCOCC(O)CN1CCCc2ccccc21. The van der Waals surface area contributed by atoms with Crippen molar-refractivity contribution in [2.45, 2.75) is 38.7 Å². The van der Waals surface area contributed by atoms with Crippen molar-refractivity contribution in [3.8, 4) is 0 Å². The minimum atomic E-state index is -0.400. The zero-order chi connectivity index (χ0) is 13.5. The molecule has 1 atom stereocenters. The maximum absolute atomic E-state index is 10.1. The van der Waals surface area contributed by atoms with Crippen molar-refractivity contribution in [2.75, 3.05) is 31.2 Å². The van der Waals surface area contributed by atoms with E-state index in [1.807, 2.05) is 0 Å². The molecule has 19 heavy (non-hydrogen) atoms. The van der Waals surface area contributed by atoms with Crippen LogP contribution in [0.15, 0.2) is 24.3 Å². The molecule has 0 bridgehead atoms. The molecule has 2 rings (SSSR count). The lowest BCUT2D eigenvalue weighted by Crippen LogP contribution is -2.38. The summed E-state index contributed by atoms with van der Waals surface area (Å²) in [6.07, 6.45) is 4.12. The zero-order valence-corrected chi connectivity index (χ0v) is 11.8. The van der Waals surface area contributed by atoms with Crippen LogP contribution in [0.2, 0.25) is 0 Å². The van der Waals surface area contributed by atoms with Crippen LogP contribution >= 0.6 is 0 Å². The van der Waals surface area contributed by atoms with Gasteiger partial charge in [-0.05, 0) is 30.9 Å². The molecule has 106 valence electrons. The number of unbranched alkanes of at least 4 members (excludes halogenated alkanes) is 1. The van der Waals surface area contributed by atoms with Crippen molar-refractivity contribution in [1.82, 2.24) is 0 Å². The van der Waals surface area contributed by atoms with Crippen LogP contribution in [0.5, 0.6) is 0 Å². The van der Waals surface area contributed by atoms with Crippen molar-refractivity contribution in [2.24, 2.45) is 0 Å². The summed E-state index contributed by atoms with van der Waals surface area (Å²) in [7, 11) is 0. The van der Waals surface area contributed by atoms with Gasteiger partial charge < -0.3 is 14.7 Å². The monoisotopic (exact) mass is 263 g/mol. The molecule has 3 nitrogen and oxygen atoms in total. The van der Waals surface area contributed by atoms with Gasteiger partial charge in [0.05, 0.1) is 12.7 Å². The number of ether oxygens (including phenoxy) is 1. The minimum absolute atomic E-state index is 0.400. The van der Waals surface area contributed by atoms with Crippen molar-refractivity contribution >= 4 is 5.69 Å². The quantitative estimate of drug-likeness (QED) is 0.768. The highest BCUT2D eigenvalue weighted by atomic mass is 16.5. The van der Waals surface area contributed by atoms with Crippen LogP contribution in [-0.4, -0.2) is 37.5 Å². The maximum atomic E-state index is 10.1. The number of aliphatic hydroxyl groups is 1. The van der Waals surface area contributed by atoms with Gasteiger partial charge in [0.1, 0.15) is 0 Å². The van der Waals surface area contributed by atoms with E-state index in [4.69, 9.17) is 4.74 Å². The summed E-state index contributed by atoms with van der Waals surface area (Å²) in [5.41, 5.74) is 2.68. The molecule has 1 aliphatic rings. The number of fused-ring (bicyclic) bond motifs is 1. The third kappa shape index (κ3) is 4.22. The van der Waals surface area contributed by atoms with Gasteiger partial charge in [0.15, 0.2) is 0 Å². The molecular weight excluding hydrogens is 238 g/mol. The van der Waals surface area contributed by atoms with E-state index < -0.39 is 6.10 Å². The Morgan fingerprint density at radius 1 is 1.37 bits per heavy atom. The van der Waals surface area contributed by atoms with Crippen LogP contribution in [0.3, 0.4) is 0 Å². The Labute approximate surface area is 116 Å². The van der Waals surface area contributed by atoms with Gasteiger partial charge in [-0.2, -0.15) is 0 Å². The van der Waals surface area contributed by atoms with Crippen LogP contribution in [0.4, 0.5) is 5.69 Å². The van der Waals surface area contributed by atoms with Crippen LogP contribution in [0.25, 0.3) is 0 Å². The van der Waals surface area contributed by atoms with Gasteiger partial charge in [-0.1, -0.05) is 31.5 Å². The Balaban J connectivity index is 1.83. The molecule has 0 radical (unpaired) electrons. The summed E-state index contributed by atoms with van der Waals surface area (Å²) >= 11 is 0. The normalized spacial score (nSPS) is 16.2. The summed E-state index contributed by atoms with van der Waals surface area (Å²) in [6, 6.07) is 8.50. The third-order valence-electron chi connectivity index (χ3n) is 3.59. The second-order valence-electron chi connectivity index (χ2n) is 5.26. The van der Waals surface area contributed by atoms with Crippen LogP contribution in [-0.2, 0) is 11.2 Å². The van der Waals surface area contributed by atoms with E-state index in [9.17, 15) is 5.11 Å². The number of aryl methyl sites for hydroxylation is 1. The fourth-order valence-electron chi connectivity index (χ4n) is 2.57. The lowest BCUT2D eigenvalue weighted by molar-refractivity contribution is 0.0390. The fourth-order valence-corrected chi connectivity index (χ4v) is 2.57. The van der Waals surface area contributed by atoms with E-state index >= 15 is 0 Å². The number of β-amino-alcohol motifs (C(OH)–C–C–N with tert-alkyl or cyclic N) is 1. The van der Waals surface area contributed by atoms with E-state index in [0.717, 1.165) is 32.4 Å². The first-order valence-corrected chi connectivity index (χ1v) is 7.40. The average Bonchev–Trinajstić information content (AvgIpc) is 2.44. The molecule has 0 fully saturated rings. The molecule has 0 saturated carbocycles. The number of hydrogen-bond acceptors (Lipinski definition) is 3. The van der Waals surface area contributed by atoms with E-state index in [0.29, 0.717) is 13.2 Å². The molecule has 0 aromatic heterocycles. The number of aliphatic hydroxyl groups excluding tert-OH is 1. The molecule has 0 aliphatic carbocycles. The predicted octanol–water partition coefficient (Wildman–Crippen LogP) is 2.62. The van der Waals surface area contributed by atoms with Gasteiger partial charge in [-0.25, -0.2) is 0 Å². The number of rotatable bonds is 7. The van der Waals surface area contributed by atoms with E-state index in [1.165, 1.54) is 17.7 Å². The minimum Gasteiger partial charge on any atom is -0.389 e. The number of hydrogen-bond donors (Lipinski definition) is 1. The Morgan fingerprint density at radius 2 is 2.21 bits per heavy atom. The average molecular weight is 263 g/mol. The standard InChI is InChI=1S/C16H25NO2/c1-2-3-11-19-13-15(18)12-17-10-6-8-14-7-4-5-9-16(14)17/h4-5,7,9,15,18H,2-3,6,8,10-13H2,1H3. The third-order valence-corrected chi connectivity index (χ3v) is 3.59. The molecule has 1 aromatic rings. The largest absolute Gasteiger partial charge is 0.389 e. The molecule has 3 heteroatoms. The van der Waals surface area contributed by atoms with Gasteiger partial charge in [-0.15, -0.1) is 0 Å². The Bertz CT molecular complexity index is 381. The first-order chi connectivity index (χ1) is 9.31. The number of para-hydroxylation sites is 1. The smallest absolute Gasteiger partial charge is 0.0947 e. The van der Waals surface area contributed by atoms with E-state index in [2.05, 4.69) is 36.1 Å². The van der Waals surface area contributed by atoms with Crippen molar-refractivity contribution in [3.05, 3.63) is 29.8 Å². The molecule has 1 unspecified atom stereocenters. The summed E-state index contributed by atoms with van der Waals surface area (Å²) in [5.74, 6) is 0. The van der Waals surface area contributed by atoms with Crippen molar-refractivity contribution < 1.29 is 9.84 Å². The van der Waals surface area contributed by atoms with Gasteiger partial charge in [-0.3, -0.25) is 0 Å². The number of benzene rings is 1. The van der Waals surface area contributed by atoms with Gasteiger partial charge >= 0.3 is 0 Å². The Hall–Kier alpha value is -1.06. The van der Waals surface area contributed by atoms with Crippen molar-refractivity contribution in [3.63, 3.8) is 0 Å². The Kier molecular flexibility index (Phi) is 5.67. The number of nitrogens with zero attached hydrogens (tertiary/aromatic N) is 1. The highest BCUT2D eigenvalue weighted by Crippen LogP contribution is 2.26. The second kappa shape index (κ2) is 7.51. The molecule has 0 amide bonds. The van der Waals surface area contributed by atoms with Crippen molar-refractivity contribution in [1.29, 1.82) is 0 Å². The maximum Gasteiger partial charge on any atom is 0.0947 e. The van der Waals surface area contributed by atoms with Crippen LogP contribution in [0, 0.1) is 0 Å². The summed E-state index contributed by atoms with van der Waals surface area (Å²) in [4.78, 5) is 2.28. The van der Waals surface area contributed by atoms with E-state index in [1.54, 1.807) is 0 Å². The van der Waals surface area contributed by atoms with Gasteiger partial charge in [0.25, 0.3) is 0 Å². The van der Waals surface area contributed by atoms with E-state index in [-0.39, 0.29) is 0 Å². The molecule has 0 saturated heterocycles. The summed E-state index contributed by atoms with van der Waals surface area (Å²) in [5, 5.41) is 10.1. The highest BCUT2D eigenvalue weighted by molar-refractivity contribution is 5.55. The molecule has 0 spiro atoms. The van der Waals surface area contributed by atoms with Gasteiger partial charge in [0, 0.05) is 25.4 Å². The second-order valence-corrected chi connectivity index (χ2v) is 5.26. The Morgan fingerprint density at radius 3 is 3.05 bits per heavy atom. The summed E-state index contributed by atoms with van der Waals surface area (Å²) < 4.78 is 5.49. The topological polar surface area (TPSA) is 32.7 Å². The first-order valence-electron chi connectivity index (χ1n) is 7.40. The van der Waals surface area contributed by atoms with Gasteiger partial charge in [0.2, 0.25) is 0 Å². The predicted molar refractivity (Wildman–Crippen MR) is 78.7 cm³/mol.